The molecule has 4 rings (SSSR count). The lowest BCUT2D eigenvalue weighted by atomic mass is 10.2. The predicted molar refractivity (Wildman–Crippen MR) is 146 cm³/mol. The molecule has 0 aliphatic rings. The first-order valence-corrected chi connectivity index (χ1v) is 13.5. The highest BCUT2D eigenvalue weighted by Crippen LogP contribution is 2.23. The summed E-state index contributed by atoms with van der Waals surface area (Å²) in [6, 6.07) is 31.8. The van der Waals surface area contributed by atoms with Gasteiger partial charge in [0.1, 0.15) is 18.4 Å². The molecule has 1 amide bonds. The number of sulfonamides is 1. The van der Waals surface area contributed by atoms with Crippen molar-refractivity contribution in [3.8, 4) is 5.75 Å². The van der Waals surface area contributed by atoms with Crippen LogP contribution in [0.3, 0.4) is 0 Å². The Morgan fingerprint density at radius 1 is 0.811 bits per heavy atom. The van der Waals surface area contributed by atoms with Gasteiger partial charge in [0.15, 0.2) is 0 Å². The normalized spacial score (nSPS) is 12.2. The predicted octanol–water partition coefficient (Wildman–Crippen LogP) is 5.79. The Bertz CT molecular complexity index is 1410. The van der Waals surface area contributed by atoms with E-state index in [1.54, 1.807) is 55.5 Å². The summed E-state index contributed by atoms with van der Waals surface area (Å²) in [4.78, 5) is 13.4. The quantitative estimate of drug-likeness (QED) is 0.291. The molecule has 1 unspecified atom stereocenters. The van der Waals surface area contributed by atoms with Gasteiger partial charge in [-0.05, 0) is 61.4 Å². The lowest BCUT2D eigenvalue weighted by Gasteiger charge is -2.28. The van der Waals surface area contributed by atoms with E-state index in [0.29, 0.717) is 18.0 Å². The van der Waals surface area contributed by atoms with E-state index in [1.807, 2.05) is 67.6 Å². The van der Waals surface area contributed by atoms with Crippen LogP contribution < -0.4 is 10.1 Å². The molecular weight excluding hydrogens is 484 g/mol. The van der Waals surface area contributed by atoms with E-state index in [9.17, 15) is 13.2 Å². The Morgan fingerprint density at radius 2 is 1.38 bits per heavy atom. The highest BCUT2D eigenvalue weighted by atomic mass is 32.2. The van der Waals surface area contributed by atoms with Gasteiger partial charge in [-0.2, -0.15) is 4.31 Å². The fourth-order valence-corrected chi connectivity index (χ4v) is 5.37. The number of nitrogens with zero attached hydrogens (tertiary/aromatic N) is 1. The van der Waals surface area contributed by atoms with Crippen molar-refractivity contribution >= 4 is 21.6 Å². The van der Waals surface area contributed by atoms with Crippen LogP contribution in [0.1, 0.15) is 23.6 Å². The van der Waals surface area contributed by atoms with Crippen molar-refractivity contribution < 1.29 is 17.9 Å². The summed E-state index contributed by atoms with van der Waals surface area (Å²) in [5, 5.41) is 2.84. The third-order valence-electron chi connectivity index (χ3n) is 5.99. The Kier molecular flexibility index (Phi) is 8.38. The van der Waals surface area contributed by atoms with Crippen LogP contribution in [0.4, 0.5) is 5.69 Å². The maximum atomic E-state index is 13.6. The average molecular weight is 515 g/mol. The topological polar surface area (TPSA) is 75.7 Å². The molecule has 0 spiro atoms. The molecule has 0 saturated carbocycles. The largest absolute Gasteiger partial charge is 0.489 e. The summed E-state index contributed by atoms with van der Waals surface area (Å²) >= 11 is 0. The fraction of sp³-hybridized carbons (Fsp3) is 0.167. The van der Waals surface area contributed by atoms with E-state index in [1.165, 1.54) is 4.31 Å². The number of ether oxygens (including phenoxy) is 1. The smallest absolute Gasteiger partial charge is 0.244 e. The van der Waals surface area contributed by atoms with E-state index in [4.69, 9.17) is 4.74 Å². The number of nitrogens with one attached hydrogen (secondary N) is 1. The van der Waals surface area contributed by atoms with Gasteiger partial charge in [-0.25, -0.2) is 8.42 Å². The monoisotopic (exact) mass is 514 g/mol. The van der Waals surface area contributed by atoms with Crippen LogP contribution in [0, 0.1) is 6.92 Å². The van der Waals surface area contributed by atoms with E-state index < -0.39 is 22.0 Å². The molecule has 37 heavy (non-hydrogen) atoms. The second-order valence-corrected chi connectivity index (χ2v) is 10.7. The highest BCUT2D eigenvalue weighted by molar-refractivity contribution is 7.89. The second kappa shape index (κ2) is 11.9. The standard InChI is InChI=1S/C30H30N2O4S/c1-23-13-19-29(20-14-23)37(34,35)32(21-25-9-5-3-6-10-25)24(2)30(33)31-27-15-17-28(18-16-27)36-22-26-11-7-4-8-12-26/h3-20,24H,21-22H2,1-2H3,(H,31,33). The van der Waals surface area contributed by atoms with Crippen LogP contribution in [0.2, 0.25) is 0 Å². The van der Waals surface area contributed by atoms with Gasteiger partial charge in [0.05, 0.1) is 4.90 Å². The minimum atomic E-state index is -3.94. The van der Waals surface area contributed by atoms with Gasteiger partial charge in [0.25, 0.3) is 0 Å². The molecule has 0 aliphatic heterocycles. The minimum Gasteiger partial charge on any atom is -0.489 e. The Morgan fingerprint density at radius 3 is 1.97 bits per heavy atom. The van der Waals surface area contributed by atoms with Gasteiger partial charge in [-0.3, -0.25) is 4.79 Å². The number of amides is 1. The van der Waals surface area contributed by atoms with Crippen molar-refractivity contribution in [2.75, 3.05) is 5.32 Å². The van der Waals surface area contributed by atoms with E-state index in [-0.39, 0.29) is 11.4 Å². The van der Waals surface area contributed by atoms with Crippen LogP contribution in [0.15, 0.2) is 114 Å². The summed E-state index contributed by atoms with van der Waals surface area (Å²) < 4.78 is 34.3. The van der Waals surface area contributed by atoms with Gasteiger partial charge < -0.3 is 10.1 Å². The van der Waals surface area contributed by atoms with Crippen molar-refractivity contribution in [3.63, 3.8) is 0 Å². The number of aryl methyl sites for hydroxylation is 1. The van der Waals surface area contributed by atoms with E-state index in [2.05, 4.69) is 5.32 Å². The van der Waals surface area contributed by atoms with Crippen molar-refractivity contribution in [2.45, 2.75) is 37.9 Å². The van der Waals surface area contributed by atoms with Crippen LogP contribution in [0.5, 0.6) is 5.75 Å². The molecule has 0 saturated heterocycles. The highest BCUT2D eigenvalue weighted by Gasteiger charge is 2.33. The minimum absolute atomic E-state index is 0.0674. The van der Waals surface area contributed by atoms with E-state index >= 15 is 0 Å². The summed E-state index contributed by atoms with van der Waals surface area (Å²) in [7, 11) is -3.94. The molecule has 7 heteroatoms. The van der Waals surface area contributed by atoms with Crippen molar-refractivity contribution in [1.82, 2.24) is 4.31 Å². The second-order valence-electron chi connectivity index (χ2n) is 8.81. The maximum absolute atomic E-state index is 13.6. The fourth-order valence-electron chi connectivity index (χ4n) is 3.79. The van der Waals surface area contributed by atoms with Crippen molar-refractivity contribution in [1.29, 1.82) is 0 Å². The zero-order chi connectivity index (χ0) is 26.3. The summed E-state index contributed by atoms with van der Waals surface area (Å²) in [6.45, 7) is 4.00. The van der Waals surface area contributed by atoms with Gasteiger partial charge in [-0.1, -0.05) is 78.4 Å². The van der Waals surface area contributed by atoms with Gasteiger partial charge in [0, 0.05) is 12.2 Å². The molecule has 1 atom stereocenters. The lowest BCUT2D eigenvalue weighted by molar-refractivity contribution is -0.119. The molecule has 0 heterocycles. The van der Waals surface area contributed by atoms with Crippen molar-refractivity contribution in [3.05, 3.63) is 126 Å². The number of carbonyl (C=O) groups is 1. The first kappa shape index (κ1) is 26.1. The van der Waals surface area contributed by atoms with Crippen LogP contribution >= 0.6 is 0 Å². The molecule has 1 N–H and O–H groups in total. The number of anilines is 1. The summed E-state index contributed by atoms with van der Waals surface area (Å²) in [6.07, 6.45) is 0. The summed E-state index contributed by atoms with van der Waals surface area (Å²) in [5.41, 5.74) is 3.35. The first-order valence-electron chi connectivity index (χ1n) is 12.0. The average Bonchev–Trinajstić information content (AvgIpc) is 2.92. The van der Waals surface area contributed by atoms with Crippen LogP contribution in [0.25, 0.3) is 0 Å². The maximum Gasteiger partial charge on any atom is 0.244 e. The number of carbonyl (C=O) groups excluding carboxylic acids is 1. The number of rotatable bonds is 10. The molecule has 0 fully saturated rings. The third kappa shape index (κ3) is 6.84. The Labute approximate surface area is 218 Å². The molecule has 6 nitrogen and oxygen atoms in total. The van der Waals surface area contributed by atoms with Crippen molar-refractivity contribution in [2.24, 2.45) is 0 Å². The molecule has 0 radical (unpaired) electrons. The SMILES string of the molecule is Cc1ccc(S(=O)(=O)N(Cc2ccccc2)C(C)C(=O)Nc2ccc(OCc3ccccc3)cc2)cc1. The third-order valence-corrected chi connectivity index (χ3v) is 7.92. The molecule has 0 aliphatic carbocycles. The van der Waals surface area contributed by atoms with E-state index in [0.717, 1.165) is 16.7 Å². The lowest BCUT2D eigenvalue weighted by Crippen LogP contribution is -2.45. The first-order chi connectivity index (χ1) is 17.8. The number of hydrogen-bond donors (Lipinski definition) is 1. The Balaban J connectivity index is 1.49. The van der Waals surface area contributed by atoms with Crippen LogP contribution in [-0.2, 0) is 28.0 Å². The van der Waals surface area contributed by atoms with Gasteiger partial charge >= 0.3 is 0 Å². The summed E-state index contributed by atoms with van der Waals surface area (Å²) in [5.74, 6) is 0.243. The zero-order valence-corrected chi connectivity index (χ0v) is 21.7. The number of hydrogen-bond acceptors (Lipinski definition) is 4. The van der Waals surface area contributed by atoms with Gasteiger partial charge in [0.2, 0.25) is 15.9 Å². The molecule has 190 valence electrons. The van der Waals surface area contributed by atoms with Crippen LogP contribution in [-0.4, -0.2) is 24.7 Å². The Hall–Kier alpha value is -3.94. The molecule has 4 aromatic carbocycles. The molecule has 4 aromatic rings. The zero-order valence-electron chi connectivity index (χ0n) is 20.9. The molecule has 0 bridgehead atoms. The molecular formula is C30H30N2O4S. The number of benzene rings is 4. The molecule has 0 aromatic heterocycles. The van der Waals surface area contributed by atoms with Gasteiger partial charge in [-0.15, -0.1) is 0 Å².